The third kappa shape index (κ3) is 22.6. The fraction of sp³-hybridized carbons (Fsp3) is 0.706. The zero-order valence-electron chi connectivity index (χ0n) is 35.1. The summed E-state index contributed by atoms with van der Waals surface area (Å²) < 4.78 is 6.21. The highest BCUT2D eigenvalue weighted by atomic mass is 16.4. The molecule has 1 aromatic heterocycles. The third-order valence-corrected chi connectivity index (χ3v) is 11.6. The van der Waals surface area contributed by atoms with Gasteiger partial charge in [-0.1, -0.05) is 243 Å². The van der Waals surface area contributed by atoms with Gasteiger partial charge in [-0.3, -0.25) is 0 Å². The van der Waals surface area contributed by atoms with Gasteiger partial charge in [-0.2, -0.15) is 0 Å². The summed E-state index contributed by atoms with van der Waals surface area (Å²) in [6, 6.07) is 17.8. The van der Waals surface area contributed by atoms with Crippen LogP contribution in [0.15, 0.2) is 59.1 Å². The monoisotopic (exact) mass is 726 g/mol. The molecule has 0 N–H and O–H groups in total. The van der Waals surface area contributed by atoms with Crippen molar-refractivity contribution in [3.05, 3.63) is 65.9 Å². The maximum atomic E-state index is 6.21. The van der Waals surface area contributed by atoms with Gasteiger partial charge in [-0.05, 0) is 48.9 Å². The molecule has 3 aromatic rings. The Labute approximate surface area is 329 Å². The van der Waals surface area contributed by atoms with Crippen LogP contribution in [0.3, 0.4) is 0 Å². The summed E-state index contributed by atoms with van der Waals surface area (Å²) in [4.78, 5) is 4.62. The van der Waals surface area contributed by atoms with Crippen molar-refractivity contribution in [1.29, 1.82) is 0 Å². The SMILES string of the molecule is CCCCCCCCCCCCCCCCCCc1ccc(-c2cnc(-c3ccc(CCCCCCCCCCCCCCCCCC)cc3)o2)cc1. The van der Waals surface area contributed by atoms with Crippen molar-refractivity contribution in [3.8, 4) is 22.8 Å². The Balaban J connectivity index is 1.16. The molecule has 0 amide bonds. The minimum absolute atomic E-state index is 0.714. The van der Waals surface area contributed by atoms with Gasteiger partial charge in [0.15, 0.2) is 5.76 Å². The maximum Gasteiger partial charge on any atom is 0.226 e. The number of benzene rings is 2. The van der Waals surface area contributed by atoms with Crippen LogP contribution in [0.5, 0.6) is 0 Å². The number of aryl methyl sites for hydroxylation is 2. The fourth-order valence-electron chi connectivity index (χ4n) is 7.95. The Morgan fingerprint density at radius 1 is 0.340 bits per heavy atom. The highest BCUT2D eigenvalue weighted by molar-refractivity contribution is 5.61. The molecular weight excluding hydrogens is 643 g/mol. The molecule has 0 aliphatic heterocycles. The Hall–Kier alpha value is -2.35. The highest BCUT2D eigenvalue weighted by Crippen LogP contribution is 2.27. The van der Waals surface area contributed by atoms with Crippen LogP contribution in [0.1, 0.15) is 230 Å². The minimum atomic E-state index is 0.714. The van der Waals surface area contributed by atoms with Crippen molar-refractivity contribution in [2.75, 3.05) is 0 Å². The molecule has 3 rings (SSSR count). The van der Waals surface area contributed by atoms with Crippen LogP contribution < -0.4 is 0 Å². The van der Waals surface area contributed by atoms with Crippen molar-refractivity contribution in [2.24, 2.45) is 0 Å². The lowest BCUT2D eigenvalue weighted by atomic mass is 10.0. The van der Waals surface area contributed by atoms with E-state index >= 15 is 0 Å². The number of oxazole rings is 1. The molecule has 2 aromatic carbocycles. The number of unbranched alkanes of at least 4 members (excludes halogenated alkanes) is 30. The lowest BCUT2D eigenvalue weighted by molar-refractivity contribution is 0.529. The van der Waals surface area contributed by atoms with Crippen LogP contribution in [0.25, 0.3) is 22.8 Å². The van der Waals surface area contributed by atoms with Crippen LogP contribution in [-0.2, 0) is 12.8 Å². The van der Waals surface area contributed by atoms with Gasteiger partial charge in [0.2, 0.25) is 5.89 Å². The van der Waals surface area contributed by atoms with Gasteiger partial charge in [-0.25, -0.2) is 4.98 Å². The van der Waals surface area contributed by atoms with Crippen LogP contribution >= 0.6 is 0 Å². The van der Waals surface area contributed by atoms with E-state index < -0.39 is 0 Å². The van der Waals surface area contributed by atoms with Crippen LogP contribution in [0.4, 0.5) is 0 Å². The summed E-state index contributed by atoms with van der Waals surface area (Å²) >= 11 is 0. The quantitative estimate of drug-likeness (QED) is 0.0558. The Bertz CT molecular complexity index is 1110. The molecule has 0 spiro atoms. The van der Waals surface area contributed by atoms with Crippen molar-refractivity contribution in [1.82, 2.24) is 4.98 Å². The first-order chi connectivity index (χ1) is 26.3. The van der Waals surface area contributed by atoms with Gasteiger partial charge in [-0.15, -0.1) is 0 Å². The van der Waals surface area contributed by atoms with E-state index in [4.69, 9.17) is 4.42 Å². The smallest absolute Gasteiger partial charge is 0.226 e. The van der Waals surface area contributed by atoms with E-state index in [9.17, 15) is 0 Å². The lowest BCUT2D eigenvalue weighted by Crippen LogP contribution is -1.87. The zero-order valence-corrected chi connectivity index (χ0v) is 35.1. The zero-order chi connectivity index (χ0) is 37.3. The molecule has 0 radical (unpaired) electrons. The molecule has 0 atom stereocenters. The van der Waals surface area contributed by atoms with E-state index in [0.29, 0.717) is 5.89 Å². The van der Waals surface area contributed by atoms with E-state index in [1.165, 1.54) is 229 Å². The first-order valence-corrected chi connectivity index (χ1v) is 23.4. The number of aromatic nitrogens is 1. The summed E-state index contributed by atoms with van der Waals surface area (Å²) in [6.45, 7) is 4.60. The molecule has 0 saturated heterocycles. The predicted octanol–water partition coefficient (Wildman–Crippen LogP) is 17.6. The molecule has 0 aliphatic carbocycles. The second-order valence-electron chi connectivity index (χ2n) is 16.5. The van der Waals surface area contributed by atoms with Gasteiger partial charge in [0.25, 0.3) is 0 Å². The van der Waals surface area contributed by atoms with E-state index in [1.54, 1.807) is 0 Å². The van der Waals surface area contributed by atoms with Crippen LogP contribution in [0.2, 0.25) is 0 Å². The summed E-state index contributed by atoms with van der Waals surface area (Å²) in [5.74, 6) is 1.57. The first-order valence-electron chi connectivity index (χ1n) is 23.4. The summed E-state index contributed by atoms with van der Waals surface area (Å²) in [6.07, 6.45) is 49.6. The van der Waals surface area contributed by atoms with E-state index in [2.05, 4.69) is 67.4 Å². The number of hydrogen-bond donors (Lipinski definition) is 0. The molecule has 0 bridgehead atoms. The molecule has 2 heteroatoms. The molecule has 0 unspecified atom stereocenters. The average Bonchev–Trinajstić information content (AvgIpc) is 3.68. The highest BCUT2D eigenvalue weighted by Gasteiger charge is 2.09. The van der Waals surface area contributed by atoms with Gasteiger partial charge < -0.3 is 4.42 Å². The van der Waals surface area contributed by atoms with Crippen molar-refractivity contribution >= 4 is 0 Å². The van der Waals surface area contributed by atoms with Crippen molar-refractivity contribution in [3.63, 3.8) is 0 Å². The lowest BCUT2D eigenvalue weighted by Gasteiger charge is -2.05. The molecule has 1 heterocycles. The van der Waals surface area contributed by atoms with Gasteiger partial charge in [0.1, 0.15) is 0 Å². The normalized spacial score (nSPS) is 11.5. The number of hydrogen-bond acceptors (Lipinski definition) is 2. The number of nitrogens with zero attached hydrogens (tertiary/aromatic N) is 1. The standard InChI is InChI=1S/C51H83NO/c1-3-5-7-9-11-13-15-17-19-21-23-25-27-29-31-33-35-46-37-41-48(42-38-46)50-45-52-51(53-50)49-43-39-47(40-44-49)36-34-32-30-28-26-24-22-20-18-16-14-12-10-8-6-4-2/h37-45H,3-36H2,1-2H3. The van der Waals surface area contributed by atoms with Crippen LogP contribution in [-0.4, -0.2) is 4.98 Å². The first kappa shape index (κ1) is 45.0. The summed E-state index contributed by atoms with van der Waals surface area (Å²) in [5, 5.41) is 0. The Morgan fingerprint density at radius 2 is 0.623 bits per heavy atom. The van der Waals surface area contributed by atoms with E-state index in [-0.39, 0.29) is 0 Å². The second kappa shape index (κ2) is 31.9. The topological polar surface area (TPSA) is 26.0 Å². The third-order valence-electron chi connectivity index (χ3n) is 11.6. The number of rotatable bonds is 36. The van der Waals surface area contributed by atoms with Gasteiger partial charge in [0.05, 0.1) is 6.20 Å². The van der Waals surface area contributed by atoms with Crippen molar-refractivity contribution in [2.45, 2.75) is 232 Å². The molecule has 53 heavy (non-hydrogen) atoms. The second-order valence-corrected chi connectivity index (χ2v) is 16.5. The maximum absolute atomic E-state index is 6.21. The molecule has 2 nitrogen and oxygen atoms in total. The van der Waals surface area contributed by atoms with Gasteiger partial charge >= 0.3 is 0 Å². The minimum Gasteiger partial charge on any atom is -0.436 e. The van der Waals surface area contributed by atoms with Crippen molar-refractivity contribution < 1.29 is 4.42 Å². The van der Waals surface area contributed by atoms with E-state index in [1.807, 2.05) is 6.20 Å². The van der Waals surface area contributed by atoms with Gasteiger partial charge in [0, 0.05) is 11.1 Å². The molecule has 298 valence electrons. The molecular formula is C51H83NO. The molecule has 0 saturated carbocycles. The summed E-state index contributed by atoms with van der Waals surface area (Å²) in [5.41, 5.74) is 5.02. The Kier molecular flexibility index (Phi) is 27.1. The Morgan fingerprint density at radius 3 is 0.943 bits per heavy atom. The van der Waals surface area contributed by atoms with E-state index in [0.717, 1.165) is 16.9 Å². The predicted molar refractivity (Wildman–Crippen MR) is 234 cm³/mol. The largest absolute Gasteiger partial charge is 0.436 e. The average molecular weight is 726 g/mol. The molecule has 0 aliphatic rings. The fourth-order valence-corrected chi connectivity index (χ4v) is 7.95. The summed E-state index contributed by atoms with van der Waals surface area (Å²) in [7, 11) is 0. The van der Waals surface area contributed by atoms with Crippen LogP contribution in [0, 0.1) is 0 Å². The molecule has 0 fully saturated rings.